The zero-order chi connectivity index (χ0) is 12.3. The summed E-state index contributed by atoms with van der Waals surface area (Å²) >= 11 is 0. The Balaban J connectivity index is 2.71. The topological polar surface area (TPSA) is 112 Å². The predicted octanol–water partition coefficient (Wildman–Crippen LogP) is 0.385. The molecule has 1 fully saturated rings. The number of hydrogen-bond donors (Lipinski definition) is 0. The fourth-order valence-electron chi connectivity index (χ4n) is 1.29. The van der Waals surface area contributed by atoms with Crippen molar-refractivity contribution < 1.29 is 29.3 Å². The molecule has 0 aliphatic carbocycles. The minimum absolute atomic E-state index is 0.0833. The van der Waals surface area contributed by atoms with Crippen molar-refractivity contribution in [2.75, 3.05) is 0 Å². The van der Waals surface area contributed by atoms with Crippen LogP contribution >= 0.6 is 0 Å². The average Bonchev–Trinajstić information content (AvgIpc) is 2.97. The van der Waals surface area contributed by atoms with Gasteiger partial charge in [-0.25, -0.2) is 4.84 Å². The van der Waals surface area contributed by atoms with Crippen molar-refractivity contribution in [3.05, 3.63) is 10.1 Å². The van der Waals surface area contributed by atoms with Crippen molar-refractivity contribution >= 4 is 11.8 Å². The van der Waals surface area contributed by atoms with Crippen molar-refractivity contribution in [3.63, 3.8) is 0 Å². The van der Waals surface area contributed by atoms with E-state index in [1.165, 1.54) is 6.92 Å². The number of nitrogens with zero attached hydrogens (tertiary/aromatic N) is 1. The van der Waals surface area contributed by atoms with Gasteiger partial charge in [0.05, 0.1) is 0 Å². The van der Waals surface area contributed by atoms with Crippen LogP contribution in [0.1, 0.15) is 26.7 Å². The summed E-state index contributed by atoms with van der Waals surface area (Å²) in [6.45, 7) is 3.17. The molecular formula is C8H11NO7. The highest BCUT2D eigenvalue weighted by Crippen LogP contribution is 2.37. The average molecular weight is 233 g/mol. The molecule has 0 aromatic carbocycles. The molecule has 90 valence electrons. The fraction of sp³-hybridized carbons (Fsp3) is 0.750. The summed E-state index contributed by atoms with van der Waals surface area (Å²) in [5.74, 6) is -4.52. The van der Waals surface area contributed by atoms with Gasteiger partial charge in [0.2, 0.25) is 5.78 Å². The number of hydrogen-bond acceptors (Lipinski definition) is 7. The SMILES string of the molecule is CCC(C(=O)O[N+](=O)[O-])C(=O)C1(CC)OO1. The molecule has 0 amide bonds. The summed E-state index contributed by atoms with van der Waals surface area (Å²) in [5, 5.41) is 8.73. The summed E-state index contributed by atoms with van der Waals surface area (Å²) in [6, 6.07) is 0. The molecule has 0 radical (unpaired) electrons. The van der Waals surface area contributed by atoms with Gasteiger partial charge < -0.3 is 0 Å². The van der Waals surface area contributed by atoms with E-state index in [9.17, 15) is 19.7 Å². The van der Waals surface area contributed by atoms with E-state index in [0.717, 1.165) is 0 Å². The van der Waals surface area contributed by atoms with E-state index in [-0.39, 0.29) is 12.8 Å². The van der Waals surface area contributed by atoms with Gasteiger partial charge in [-0.3, -0.25) is 9.59 Å². The van der Waals surface area contributed by atoms with Gasteiger partial charge in [0.25, 0.3) is 5.79 Å². The predicted molar refractivity (Wildman–Crippen MR) is 47.1 cm³/mol. The van der Waals surface area contributed by atoms with Crippen LogP contribution in [0.15, 0.2) is 0 Å². The Kier molecular flexibility index (Phi) is 3.55. The van der Waals surface area contributed by atoms with Crippen LogP contribution in [0.3, 0.4) is 0 Å². The third-order valence-corrected chi connectivity index (χ3v) is 2.30. The van der Waals surface area contributed by atoms with Crippen LogP contribution in [0.4, 0.5) is 0 Å². The number of Topliss-reactive ketones (excluding diaryl/α,β-unsaturated/α-hetero) is 1. The first-order valence-corrected chi connectivity index (χ1v) is 4.74. The first-order valence-electron chi connectivity index (χ1n) is 4.74. The van der Waals surface area contributed by atoms with E-state index in [1.807, 2.05) is 0 Å². The molecule has 1 aliphatic heterocycles. The second kappa shape index (κ2) is 4.54. The molecule has 0 bridgehead atoms. The Bertz CT molecular complexity index is 322. The van der Waals surface area contributed by atoms with Crippen molar-refractivity contribution in [3.8, 4) is 0 Å². The molecule has 0 saturated carbocycles. The van der Waals surface area contributed by atoms with Crippen molar-refractivity contribution in [2.45, 2.75) is 32.5 Å². The van der Waals surface area contributed by atoms with Crippen LogP contribution in [0, 0.1) is 16.0 Å². The highest BCUT2D eigenvalue weighted by Gasteiger charge is 2.58. The standard InChI is InChI=1S/C8H11NO7/c1-3-5(7(11)14-9(12)13)6(10)8(4-2)15-16-8/h5H,3-4H2,1-2H3. The lowest BCUT2D eigenvalue weighted by Gasteiger charge is -2.11. The quantitative estimate of drug-likeness (QED) is 0.214. The van der Waals surface area contributed by atoms with Gasteiger partial charge >= 0.3 is 11.1 Å². The molecule has 1 saturated heterocycles. The molecule has 16 heavy (non-hydrogen) atoms. The van der Waals surface area contributed by atoms with Gasteiger partial charge in [-0.15, -0.1) is 10.1 Å². The summed E-state index contributed by atoms with van der Waals surface area (Å²) in [4.78, 5) is 45.7. The lowest BCUT2D eigenvalue weighted by molar-refractivity contribution is -0.730. The minimum Gasteiger partial charge on any atom is -0.292 e. The summed E-state index contributed by atoms with van der Waals surface area (Å²) in [5.41, 5.74) is 0. The molecule has 0 N–H and O–H groups in total. The van der Waals surface area contributed by atoms with Crippen LogP contribution < -0.4 is 0 Å². The lowest BCUT2D eigenvalue weighted by Crippen LogP contribution is -2.36. The zero-order valence-corrected chi connectivity index (χ0v) is 8.80. The Morgan fingerprint density at radius 2 is 2.00 bits per heavy atom. The van der Waals surface area contributed by atoms with E-state index in [0.29, 0.717) is 0 Å². The molecule has 1 heterocycles. The van der Waals surface area contributed by atoms with Crippen molar-refractivity contribution in [1.82, 2.24) is 0 Å². The third-order valence-electron chi connectivity index (χ3n) is 2.30. The number of carbonyl (C=O) groups excluding carboxylic acids is 2. The van der Waals surface area contributed by atoms with Gasteiger partial charge in [-0.05, 0) is 6.42 Å². The molecule has 8 nitrogen and oxygen atoms in total. The highest BCUT2D eigenvalue weighted by atomic mass is 17.4. The van der Waals surface area contributed by atoms with Crippen LogP contribution in [-0.4, -0.2) is 22.6 Å². The molecule has 1 unspecified atom stereocenters. The van der Waals surface area contributed by atoms with E-state index >= 15 is 0 Å². The van der Waals surface area contributed by atoms with Gasteiger partial charge in [-0.2, -0.15) is 9.78 Å². The minimum atomic E-state index is -1.42. The van der Waals surface area contributed by atoms with Gasteiger partial charge in [-0.1, -0.05) is 13.8 Å². The Morgan fingerprint density at radius 3 is 2.31 bits per heavy atom. The van der Waals surface area contributed by atoms with Gasteiger partial charge in [0, 0.05) is 6.42 Å². The Hall–Kier alpha value is -1.54. The normalized spacial score (nSPS) is 18.6. The number of rotatable bonds is 6. The molecule has 0 aromatic heterocycles. The molecule has 0 spiro atoms. The Morgan fingerprint density at radius 1 is 1.44 bits per heavy atom. The molecular weight excluding hydrogens is 222 g/mol. The summed E-state index contributed by atoms with van der Waals surface area (Å²) in [6.07, 6.45) is 0.314. The van der Waals surface area contributed by atoms with E-state index in [1.54, 1.807) is 6.92 Å². The van der Waals surface area contributed by atoms with Crippen LogP contribution in [0.5, 0.6) is 0 Å². The smallest absolute Gasteiger partial charge is 0.292 e. The number of carbonyl (C=O) groups is 2. The molecule has 1 rings (SSSR count). The largest absolute Gasteiger partial charge is 0.314 e. The molecule has 8 heteroatoms. The maximum atomic E-state index is 11.7. The van der Waals surface area contributed by atoms with Crippen LogP contribution in [0.25, 0.3) is 0 Å². The first kappa shape index (κ1) is 12.5. The molecule has 1 aliphatic rings. The monoisotopic (exact) mass is 233 g/mol. The Labute approximate surface area is 90.5 Å². The summed E-state index contributed by atoms with van der Waals surface area (Å²) < 4.78 is 0. The van der Waals surface area contributed by atoms with E-state index in [2.05, 4.69) is 14.6 Å². The molecule has 1 atom stereocenters. The second-order valence-corrected chi connectivity index (χ2v) is 3.23. The van der Waals surface area contributed by atoms with Crippen LogP contribution in [-0.2, 0) is 24.2 Å². The van der Waals surface area contributed by atoms with E-state index in [4.69, 9.17) is 0 Å². The third kappa shape index (κ3) is 2.34. The zero-order valence-electron chi connectivity index (χ0n) is 8.80. The van der Waals surface area contributed by atoms with Crippen LogP contribution in [0.2, 0.25) is 0 Å². The lowest BCUT2D eigenvalue weighted by atomic mass is 9.94. The van der Waals surface area contributed by atoms with Gasteiger partial charge in [0.1, 0.15) is 5.92 Å². The summed E-state index contributed by atoms with van der Waals surface area (Å²) in [7, 11) is 0. The van der Waals surface area contributed by atoms with E-state index < -0.39 is 28.5 Å². The highest BCUT2D eigenvalue weighted by molar-refractivity contribution is 6.03. The second-order valence-electron chi connectivity index (χ2n) is 3.23. The molecule has 0 aromatic rings. The van der Waals surface area contributed by atoms with Crippen molar-refractivity contribution in [1.29, 1.82) is 0 Å². The maximum absolute atomic E-state index is 11.7. The van der Waals surface area contributed by atoms with Gasteiger partial charge in [0.15, 0.2) is 0 Å². The number of ketones is 1. The maximum Gasteiger partial charge on any atom is 0.314 e. The first-order chi connectivity index (χ1) is 7.46. The fourth-order valence-corrected chi connectivity index (χ4v) is 1.29. The van der Waals surface area contributed by atoms with Crippen molar-refractivity contribution in [2.24, 2.45) is 5.92 Å².